The van der Waals surface area contributed by atoms with Crippen LogP contribution in [-0.4, -0.2) is 31.1 Å². The van der Waals surface area contributed by atoms with Crippen molar-refractivity contribution < 1.29 is 19.1 Å². The number of hydrogen-bond acceptors (Lipinski definition) is 4. The fraction of sp³-hybridized carbons (Fsp3) is 0.882. The molecule has 2 unspecified atom stereocenters. The summed E-state index contributed by atoms with van der Waals surface area (Å²) >= 11 is 0. The van der Waals surface area contributed by atoms with Gasteiger partial charge in [-0.2, -0.15) is 0 Å². The predicted octanol–water partition coefficient (Wildman–Crippen LogP) is 3.38. The van der Waals surface area contributed by atoms with E-state index in [9.17, 15) is 9.59 Å². The molecule has 4 heteroatoms. The minimum absolute atomic E-state index is 0.0507. The van der Waals surface area contributed by atoms with Crippen LogP contribution < -0.4 is 0 Å². The number of esters is 1. The molecule has 1 saturated carbocycles. The summed E-state index contributed by atoms with van der Waals surface area (Å²) in [4.78, 5) is 22.9. The zero-order valence-electron chi connectivity index (χ0n) is 14.1. The fourth-order valence-corrected chi connectivity index (χ4v) is 2.54. The Hall–Kier alpha value is -0.900. The van der Waals surface area contributed by atoms with Crippen molar-refractivity contribution in [3.8, 4) is 0 Å². The van der Waals surface area contributed by atoms with E-state index in [1.165, 1.54) is 0 Å². The van der Waals surface area contributed by atoms with Gasteiger partial charge in [-0.3, -0.25) is 4.79 Å². The van der Waals surface area contributed by atoms with Crippen LogP contribution in [0.5, 0.6) is 0 Å². The van der Waals surface area contributed by atoms with Crippen LogP contribution in [-0.2, 0) is 19.1 Å². The highest BCUT2D eigenvalue weighted by Gasteiger charge is 2.32. The number of aldehydes is 1. The van der Waals surface area contributed by atoms with Gasteiger partial charge in [0.2, 0.25) is 0 Å². The van der Waals surface area contributed by atoms with E-state index >= 15 is 0 Å². The lowest BCUT2D eigenvalue weighted by Crippen LogP contribution is -2.35. The molecule has 0 aromatic carbocycles. The second-order valence-electron chi connectivity index (χ2n) is 7.59. The third kappa shape index (κ3) is 6.16. The van der Waals surface area contributed by atoms with Crippen LogP contribution in [0.3, 0.4) is 0 Å². The van der Waals surface area contributed by atoms with Crippen molar-refractivity contribution in [2.75, 3.05) is 13.2 Å². The molecule has 0 amide bonds. The van der Waals surface area contributed by atoms with E-state index in [-0.39, 0.29) is 23.9 Å². The molecule has 0 heterocycles. The number of hydrogen-bond donors (Lipinski definition) is 0. The largest absolute Gasteiger partial charge is 0.462 e. The summed E-state index contributed by atoms with van der Waals surface area (Å²) in [6, 6.07) is 0. The summed E-state index contributed by atoms with van der Waals surface area (Å²) < 4.78 is 11.2. The van der Waals surface area contributed by atoms with Crippen LogP contribution >= 0.6 is 0 Å². The van der Waals surface area contributed by atoms with E-state index in [2.05, 4.69) is 6.92 Å². The van der Waals surface area contributed by atoms with E-state index < -0.39 is 5.60 Å². The molecule has 1 fully saturated rings. The molecule has 1 aliphatic rings. The summed E-state index contributed by atoms with van der Waals surface area (Å²) in [6.45, 7) is 10.4. The van der Waals surface area contributed by atoms with Crippen molar-refractivity contribution in [1.29, 1.82) is 0 Å². The highest BCUT2D eigenvalue weighted by atomic mass is 16.6. The molecule has 0 radical (unpaired) electrons. The quantitative estimate of drug-likeness (QED) is 0.509. The van der Waals surface area contributed by atoms with Gasteiger partial charge in [-0.05, 0) is 39.0 Å². The van der Waals surface area contributed by atoms with Gasteiger partial charge in [-0.25, -0.2) is 0 Å². The molecule has 0 aromatic heterocycles. The summed E-state index contributed by atoms with van der Waals surface area (Å²) in [6.07, 6.45) is 4.77. The van der Waals surface area contributed by atoms with E-state index in [1.54, 1.807) is 0 Å². The zero-order chi connectivity index (χ0) is 16.1. The van der Waals surface area contributed by atoms with Crippen molar-refractivity contribution in [1.82, 2.24) is 0 Å². The van der Waals surface area contributed by atoms with Crippen molar-refractivity contribution in [3.63, 3.8) is 0 Å². The second kappa shape index (κ2) is 7.39. The van der Waals surface area contributed by atoms with Crippen molar-refractivity contribution >= 4 is 12.3 Å². The number of rotatable bonds is 8. The lowest BCUT2D eigenvalue weighted by atomic mass is 9.92. The lowest BCUT2D eigenvalue weighted by Gasteiger charge is -2.27. The third-order valence-electron chi connectivity index (χ3n) is 4.28. The SMILES string of the molecule is CC1CCCC1C(=O)OCC(C)(C)OCCC(C)(C)C=O. The number of carbonyl (C=O) groups is 2. The van der Waals surface area contributed by atoms with Crippen LogP contribution in [0.1, 0.15) is 60.3 Å². The Morgan fingerprint density at radius 2 is 1.90 bits per heavy atom. The average molecular weight is 298 g/mol. The molecule has 0 saturated heterocycles. The van der Waals surface area contributed by atoms with Crippen LogP contribution in [0.2, 0.25) is 0 Å². The summed E-state index contributed by atoms with van der Waals surface area (Å²) in [7, 11) is 0. The minimum Gasteiger partial charge on any atom is -0.462 e. The maximum Gasteiger partial charge on any atom is 0.309 e. The van der Waals surface area contributed by atoms with Gasteiger partial charge in [0.05, 0.1) is 11.5 Å². The third-order valence-corrected chi connectivity index (χ3v) is 4.28. The van der Waals surface area contributed by atoms with Gasteiger partial charge in [0, 0.05) is 12.0 Å². The van der Waals surface area contributed by atoms with Crippen molar-refractivity contribution in [2.45, 2.75) is 65.9 Å². The van der Waals surface area contributed by atoms with Gasteiger partial charge >= 0.3 is 5.97 Å². The molecule has 0 N–H and O–H groups in total. The highest BCUT2D eigenvalue weighted by Crippen LogP contribution is 2.32. The smallest absolute Gasteiger partial charge is 0.309 e. The van der Waals surface area contributed by atoms with E-state index in [0.717, 1.165) is 25.5 Å². The first-order chi connectivity index (χ1) is 9.67. The molecule has 0 spiro atoms. The van der Waals surface area contributed by atoms with Gasteiger partial charge in [-0.15, -0.1) is 0 Å². The van der Waals surface area contributed by atoms with E-state index in [4.69, 9.17) is 9.47 Å². The van der Waals surface area contributed by atoms with Gasteiger partial charge in [0.1, 0.15) is 12.9 Å². The van der Waals surface area contributed by atoms with Crippen LogP contribution in [0.25, 0.3) is 0 Å². The Labute approximate surface area is 128 Å². The van der Waals surface area contributed by atoms with Crippen molar-refractivity contribution in [3.05, 3.63) is 0 Å². The molecule has 0 aliphatic heterocycles. The normalized spacial score (nSPS) is 23.1. The Kier molecular flexibility index (Phi) is 6.39. The fourth-order valence-electron chi connectivity index (χ4n) is 2.54. The maximum absolute atomic E-state index is 12.1. The number of carbonyl (C=O) groups excluding carboxylic acids is 2. The monoisotopic (exact) mass is 298 g/mol. The molecule has 0 bridgehead atoms. The average Bonchev–Trinajstić information content (AvgIpc) is 2.82. The van der Waals surface area contributed by atoms with Gasteiger partial charge in [0.15, 0.2) is 0 Å². The van der Waals surface area contributed by atoms with Gasteiger partial charge in [-0.1, -0.05) is 27.2 Å². The minimum atomic E-state index is -0.517. The van der Waals surface area contributed by atoms with E-state index in [1.807, 2.05) is 27.7 Å². The molecular weight excluding hydrogens is 268 g/mol. The molecule has 21 heavy (non-hydrogen) atoms. The summed E-state index contributed by atoms with van der Waals surface area (Å²) in [5.41, 5.74) is -0.886. The first-order valence-corrected chi connectivity index (χ1v) is 7.94. The standard InChI is InChI=1S/C17H30O4/c1-13-7-6-8-14(13)15(19)20-12-17(4,5)21-10-9-16(2,3)11-18/h11,13-14H,6-10,12H2,1-5H3. The van der Waals surface area contributed by atoms with Gasteiger partial charge < -0.3 is 14.3 Å². The molecule has 4 nitrogen and oxygen atoms in total. The Morgan fingerprint density at radius 1 is 1.24 bits per heavy atom. The van der Waals surface area contributed by atoms with Crippen LogP contribution in [0, 0.1) is 17.3 Å². The lowest BCUT2D eigenvalue weighted by molar-refractivity contribution is -0.159. The Bertz CT molecular complexity index is 360. The molecular formula is C17H30O4. The Morgan fingerprint density at radius 3 is 2.43 bits per heavy atom. The number of ether oxygens (including phenoxy) is 2. The van der Waals surface area contributed by atoms with Crippen LogP contribution in [0.4, 0.5) is 0 Å². The molecule has 122 valence electrons. The van der Waals surface area contributed by atoms with E-state index in [0.29, 0.717) is 18.9 Å². The summed E-state index contributed by atoms with van der Waals surface area (Å²) in [5, 5.41) is 0. The topological polar surface area (TPSA) is 52.6 Å². The molecule has 1 rings (SSSR count). The van der Waals surface area contributed by atoms with Gasteiger partial charge in [0.25, 0.3) is 0 Å². The Balaban J connectivity index is 2.32. The summed E-state index contributed by atoms with van der Waals surface area (Å²) in [5.74, 6) is 0.384. The molecule has 2 atom stereocenters. The van der Waals surface area contributed by atoms with Crippen LogP contribution in [0.15, 0.2) is 0 Å². The zero-order valence-corrected chi connectivity index (χ0v) is 14.1. The second-order valence-corrected chi connectivity index (χ2v) is 7.59. The molecule has 1 aliphatic carbocycles. The highest BCUT2D eigenvalue weighted by molar-refractivity contribution is 5.73. The predicted molar refractivity (Wildman–Crippen MR) is 82.0 cm³/mol. The first-order valence-electron chi connectivity index (χ1n) is 7.94. The van der Waals surface area contributed by atoms with Crippen molar-refractivity contribution in [2.24, 2.45) is 17.3 Å². The maximum atomic E-state index is 12.1. The first kappa shape index (κ1) is 18.1. The molecule has 0 aromatic rings.